The Labute approximate surface area is 149 Å². The molecular weight excluding hydrogens is 318 g/mol. The number of nitrogens with zero attached hydrogens (tertiary/aromatic N) is 1. The third-order valence-electron chi connectivity index (χ3n) is 4.10. The SMILES string of the molecule is CC(C)(C)C(=O)Nc1cccc(C(=O)NCCCN2CCOCC2)c1. The van der Waals surface area contributed by atoms with Crippen LogP contribution in [0.25, 0.3) is 0 Å². The van der Waals surface area contributed by atoms with Crippen LogP contribution in [0, 0.1) is 5.41 Å². The molecule has 0 bridgehead atoms. The first-order valence-corrected chi connectivity index (χ1v) is 8.86. The van der Waals surface area contributed by atoms with E-state index in [4.69, 9.17) is 4.74 Å². The Hall–Kier alpha value is -1.92. The van der Waals surface area contributed by atoms with Gasteiger partial charge in [-0.05, 0) is 31.2 Å². The molecular formula is C19H29N3O3. The summed E-state index contributed by atoms with van der Waals surface area (Å²) in [5, 5.41) is 5.79. The van der Waals surface area contributed by atoms with Crippen molar-refractivity contribution < 1.29 is 14.3 Å². The molecule has 1 aromatic carbocycles. The molecule has 138 valence electrons. The molecule has 0 spiro atoms. The van der Waals surface area contributed by atoms with Crippen molar-refractivity contribution in [1.82, 2.24) is 10.2 Å². The van der Waals surface area contributed by atoms with E-state index in [2.05, 4.69) is 15.5 Å². The molecule has 2 amide bonds. The maximum absolute atomic E-state index is 12.3. The van der Waals surface area contributed by atoms with Gasteiger partial charge < -0.3 is 15.4 Å². The molecule has 6 heteroatoms. The fourth-order valence-electron chi connectivity index (χ4n) is 2.49. The average Bonchev–Trinajstić information content (AvgIpc) is 2.59. The topological polar surface area (TPSA) is 70.7 Å². The summed E-state index contributed by atoms with van der Waals surface area (Å²) in [6.45, 7) is 10.7. The van der Waals surface area contributed by atoms with Gasteiger partial charge in [0.15, 0.2) is 0 Å². The van der Waals surface area contributed by atoms with Gasteiger partial charge in [-0.1, -0.05) is 26.8 Å². The van der Waals surface area contributed by atoms with Gasteiger partial charge in [-0.2, -0.15) is 0 Å². The van der Waals surface area contributed by atoms with Gasteiger partial charge in [0.2, 0.25) is 5.91 Å². The van der Waals surface area contributed by atoms with E-state index in [0.717, 1.165) is 39.3 Å². The molecule has 25 heavy (non-hydrogen) atoms. The standard InChI is InChI=1S/C19H29N3O3/c1-19(2,3)18(24)21-16-7-4-6-15(14-16)17(23)20-8-5-9-22-10-12-25-13-11-22/h4,6-7,14H,5,8-13H2,1-3H3,(H,20,23)(H,21,24). The van der Waals surface area contributed by atoms with Crippen molar-refractivity contribution in [3.63, 3.8) is 0 Å². The van der Waals surface area contributed by atoms with Crippen molar-refractivity contribution in [2.45, 2.75) is 27.2 Å². The van der Waals surface area contributed by atoms with Crippen molar-refractivity contribution in [3.8, 4) is 0 Å². The van der Waals surface area contributed by atoms with E-state index in [1.54, 1.807) is 24.3 Å². The molecule has 2 N–H and O–H groups in total. The Bertz CT molecular complexity index is 590. The van der Waals surface area contributed by atoms with Gasteiger partial charge >= 0.3 is 0 Å². The van der Waals surface area contributed by atoms with Crippen LogP contribution in [0.2, 0.25) is 0 Å². The van der Waals surface area contributed by atoms with Crippen LogP contribution in [0.1, 0.15) is 37.6 Å². The zero-order chi connectivity index (χ0) is 18.3. The van der Waals surface area contributed by atoms with E-state index in [9.17, 15) is 9.59 Å². The van der Waals surface area contributed by atoms with Crippen LogP contribution >= 0.6 is 0 Å². The van der Waals surface area contributed by atoms with Crippen LogP contribution in [0.15, 0.2) is 24.3 Å². The van der Waals surface area contributed by atoms with Gasteiger partial charge in [0.1, 0.15) is 0 Å². The zero-order valence-corrected chi connectivity index (χ0v) is 15.4. The summed E-state index contributed by atoms with van der Waals surface area (Å²) >= 11 is 0. The molecule has 0 unspecified atom stereocenters. The molecule has 0 aromatic heterocycles. The van der Waals surface area contributed by atoms with E-state index in [1.165, 1.54) is 0 Å². The minimum atomic E-state index is -0.474. The van der Waals surface area contributed by atoms with Gasteiger partial charge in [0.25, 0.3) is 5.91 Å². The van der Waals surface area contributed by atoms with Crippen molar-refractivity contribution in [2.75, 3.05) is 44.7 Å². The first-order chi connectivity index (χ1) is 11.9. The van der Waals surface area contributed by atoms with Crippen molar-refractivity contribution >= 4 is 17.5 Å². The zero-order valence-electron chi connectivity index (χ0n) is 15.4. The lowest BCUT2D eigenvalue weighted by molar-refractivity contribution is -0.123. The summed E-state index contributed by atoms with van der Waals surface area (Å²) in [7, 11) is 0. The van der Waals surface area contributed by atoms with Crippen LogP contribution in [0.5, 0.6) is 0 Å². The first kappa shape index (κ1) is 19.4. The Morgan fingerprint density at radius 3 is 2.60 bits per heavy atom. The van der Waals surface area contributed by atoms with Crippen molar-refractivity contribution in [2.24, 2.45) is 5.41 Å². The lowest BCUT2D eigenvalue weighted by atomic mass is 9.95. The van der Waals surface area contributed by atoms with Crippen LogP contribution < -0.4 is 10.6 Å². The van der Waals surface area contributed by atoms with Crippen molar-refractivity contribution in [1.29, 1.82) is 0 Å². The van der Waals surface area contributed by atoms with E-state index in [0.29, 0.717) is 17.8 Å². The van der Waals surface area contributed by atoms with Gasteiger partial charge in [0, 0.05) is 36.3 Å². The van der Waals surface area contributed by atoms with Gasteiger partial charge in [-0.25, -0.2) is 0 Å². The smallest absolute Gasteiger partial charge is 0.251 e. The second kappa shape index (κ2) is 8.97. The van der Waals surface area contributed by atoms with E-state index >= 15 is 0 Å². The number of amides is 2. The number of hydrogen-bond donors (Lipinski definition) is 2. The summed E-state index contributed by atoms with van der Waals surface area (Å²) in [5.41, 5.74) is 0.719. The molecule has 2 rings (SSSR count). The number of rotatable bonds is 6. The highest BCUT2D eigenvalue weighted by molar-refractivity contribution is 5.98. The second-order valence-corrected chi connectivity index (χ2v) is 7.35. The predicted molar refractivity (Wildman–Crippen MR) is 98.7 cm³/mol. The van der Waals surface area contributed by atoms with E-state index in [1.807, 2.05) is 20.8 Å². The molecule has 1 aliphatic rings. The quantitative estimate of drug-likeness (QED) is 0.774. The van der Waals surface area contributed by atoms with Gasteiger partial charge in [-0.3, -0.25) is 14.5 Å². The molecule has 1 fully saturated rings. The molecule has 0 saturated carbocycles. The lowest BCUT2D eigenvalue weighted by Crippen LogP contribution is -2.38. The third kappa shape index (κ3) is 6.48. The maximum atomic E-state index is 12.3. The van der Waals surface area contributed by atoms with E-state index in [-0.39, 0.29) is 11.8 Å². The fourth-order valence-corrected chi connectivity index (χ4v) is 2.49. The normalized spacial score (nSPS) is 15.6. The molecule has 0 radical (unpaired) electrons. The number of benzene rings is 1. The average molecular weight is 347 g/mol. The van der Waals surface area contributed by atoms with Crippen LogP contribution in [-0.4, -0.2) is 56.1 Å². The molecule has 1 aliphatic heterocycles. The van der Waals surface area contributed by atoms with Crippen molar-refractivity contribution in [3.05, 3.63) is 29.8 Å². The predicted octanol–water partition coefficient (Wildman–Crippen LogP) is 2.12. The molecule has 6 nitrogen and oxygen atoms in total. The lowest BCUT2D eigenvalue weighted by Gasteiger charge is -2.26. The number of anilines is 1. The summed E-state index contributed by atoms with van der Waals surface area (Å²) in [4.78, 5) is 26.7. The highest BCUT2D eigenvalue weighted by Crippen LogP contribution is 2.18. The number of carbonyl (C=O) groups excluding carboxylic acids is 2. The van der Waals surface area contributed by atoms with Gasteiger partial charge in [-0.15, -0.1) is 0 Å². The third-order valence-corrected chi connectivity index (χ3v) is 4.10. The van der Waals surface area contributed by atoms with Crippen LogP contribution in [0.4, 0.5) is 5.69 Å². The molecule has 1 heterocycles. The highest BCUT2D eigenvalue weighted by Gasteiger charge is 2.21. The Morgan fingerprint density at radius 1 is 1.20 bits per heavy atom. The summed E-state index contributed by atoms with van der Waals surface area (Å²) in [5.74, 6) is -0.190. The minimum Gasteiger partial charge on any atom is -0.379 e. The minimum absolute atomic E-state index is 0.0735. The number of ether oxygens (including phenoxy) is 1. The molecule has 1 saturated heterocycles. The Morgan fingerprint density at radius 2 is 1.92 bits per heavy atom. The maximum Gasteiger partial charge on any atom is 0.251 e. The Kier molecular flexibility index (Phi) is 6.96. The summed E-state index contributed by atoms with van der Waals surface area (Å²) < 4.78 is 5.32. The number of carbonyl (C=O) groups is 2. The molecule has 0 atom stereocenters. The second-order valence-electron chi connectivity index (χ2n) is 7.35. The van der Waals surface area contributed by atoms with Crippen LogP contribution in [-0.2, 0) is 9.53 Å². The summed E-state index contributed by atoms with van der Waals surface area (Å²) in [6.07, 6.45) is 0.909. The number of nitrogens with one attached hydrogen (secondary N) is 2. The summed E-state index contributed by atoms with van der Waals surface area (Å²) in [6, 6.07) is 7.03. The van der Waals surface area contributed by atoms with Gasteiger partial charge in [0.05, 0.1) is 13.2 Å². The number of morpholine rings is 1. The number of hydrogen-bond acceptors (Lipinski definition) is 4. The monoisotopic (exact) mass is 347 g/mol. The first-order valence-electron chi connectivity index (χ1n) is 8.86. The highest BCUT2D eigenvalue weighted by atomic mass is 16.5. The van der Waals surface area contributed by atoms with E-state index < -0.39 is 5.41 Å². The molecule has 1 aromatic rings. The fraction of sp³-hybridized carbons (Fsp3) is 0.579. The largest absolute Gasteiger partial charge is 0.379 e. The van der Waals surface area contributed by atoms with Crippen LogP contribution in [0.3, 0.4) is 0 Å². The Balaban J connectivity index is 1.79. The molecule has 0 aliphatic carbocycles.